The predicted octanol–water partition coefficient (Wildman–Crippen LogP) is 3.63. The second-order valence-electron chi connectivity index (χ2n) is 7.12. The molecular weight excluding hydrogens is 398 g/mol. The number of carbonyl (C=O) groups is 2. The van der Waals surface area contributed by atoms with Gasteiger partial charge >= 0.3 is 5.97 Å². The molecule has 0 radical (unpaired) electrons. The Morgan fingerprint density at radius 2 is 1.90 bits per heavy atom. The van der Waals surface area contributed by atoms with Crippen LogP contribution < -0.4 is 16.8 Å². The minimum atomic E-state index is -1.12. The van der Waals surface area contributed by atoms with Crippen LogP contribution in [0.1, 0.15) is 32.2 Å². The zero-order valence-electron chi connectivity index (χ0n) is 16.8. The lowest BCUT2D eigenvalue weighted by Crippen LogP contribution is -2.14. The number of carbonyl (C=O) groups excluding carboxylic acids is 1. The molecule has 6 N–H and O–H groups in total. The lowest BCUT2D eigenvalue weighted by molar-refractivity contribution is 0.0696. The van der Waals surface area contributed by atoms with E-state index in [1.54, 1.807) is 6.07 Å². The number of hydrogen-bond donors (Lipinski definition) is 4. The zero-order chi connectivity index (χ0) is 22.3. The average Bonchev–Trinajstić information content (AvgIpc) is 3.05. The Bertz CT molecular complexity index is 1340. The number of rotatable bonds is 5. The van der Waals surface area contributed by atoms with Crippen molar-refractivity contribution in [1.82, 2.24) is 10.1 Å². The SMILES string of the molecule is Cc1noc(C)c1-c1ccc2c(Nc3cc(N)cc(C(=O)O)c3)c(C(N)=O)cnc2c1. The molecule has 0 aliphatic rings. The van der Waals surface area contributed by atoms with Crippen molar-refractivity contribution in [3.63, 3.8) is 0 Å². The maximum absolute atomic E-state index is 12.0. The van der Waals surface area contributed by atoms with Crippen molar-refractivity contribution < 1.29 is 19.2 Å². The first-order valence-electron chi connectivity index (χ1n) is 9.31. The van der Waals surface area contributed by atoms with Gasteiger partial charge in [0.2, 0.25) is 0 Å². The van der Waals surface area contributed by atoms with Gasteiger partial charge in [-0.1, -0.05) is 17.3 Å². The molecule has 0 saturated carbocycles. The molecule has 9 nitrogen and oxygen atoms in total. The van der Waals surface area contributed by atoms with E-state index < -0.39 is 11.9 Å². The summed E-state index contributed by atoms with van der Waals surface area (Å²) in [7, 11) is 0. The molecule has 0 spiro atoms. The van der Waals surface area contributed by atoms with Crippen LogP contribution in [0, 0.1) is 13.8 Å². The van der Waals surface area contributed by atoms with Gasteiger partial charge in [0.25, 0.3) is 5.91 Å². The second kappa shape index (κ2) is 7.45. The standard InChI is InChI=1S/C22H19N5O4/c1-10-19(11(2)31-27-10)12-3-4-16-18(7-12)25-9-17(21(24)28)20(16)26-15-6-13(22(29)30)5-14(23)8-15/h3-9H,23H2,1-2H3,(H2,24,28)(H,25,26)(H,29,30). The van der Waals surface area contributed by atoms with Gasteiger partial charge in [-0.05, 0) is 43.7 Å². The van der Waals surface area contributed by atoms with E-state index in [0.717, 1.165) is 16.8 Å². The molecule has 0 aliphatic carbocycles. The Kier molecular flexibility index (Phi) is 4.78. The van der Waals surface area contributed by atoms with Crippen LogP contribution >= 0.6 is 0 Å². The summed E-state index contributed by atoms with van der Waals surface area (Å²) >= 11 is 0. The zero-order valence-corrected chi connectivity index (χ0v) is 16.8. The number of benzene rings is 2. The van der Waals surface area contributed by atoms with Gasteiger partial charge in [-0.15, -0.1) is 0 Å². The summed E-state index contributed by atoms with van der Waals surface area (Å²) in [6.07, 6.45) is 1.38. The highest BCUT2D eigenvalue weighted by Crippen LogP contribution is 2.34. The lowest BCUT2D eigenvalue weighted by Gasteiger charge is -2.15. The molecule has 1 amide bonds. The molecule has 2 aromatic carbocycles. The third kappa shape index (κ3) is 3.64. The highest BCUT2D eigenvalue weighted by Gasteiger charge is 2.17. The molecule has 0 atom stereocenters. The molecule has 9 heteroatoms. The van der Waals surface area contributed by atoms with E-state index in [9.17, 15) is 14.7 Å². The number of aromatic nitrogens is 2. The Balaban J connectivity index is 1.88. The number of hydrogen-bond acceptors (Lipinski definition) is 7. The molecule has 0 unspecified atom stereocenters. The van der Waals surface area contributed by atoms with Gasteiger partial charge in [-0.25, -0.2) is 4.79 Å². The number of nitrogens with zero attached hydrogens (tertiary/aromatic N) is 2. The van der Waals surface area contributed by atoms with Crippen molar-refractivity contribution in [1.29, 1.82) is 0 Å². The van der Waals surface area contributed by atoms with Crippen molar-refractivity contribution >= 4 is 39.8 Å². The fourth-order valence-corrected chi connectivity index (χ4v) is 3.56. The van der Waals surface area contributed by atoms with E-state index in [2.05, 4.69) is 15.5 Å². The molecule has 2 heterocycles. The number of aromatic carboxylic acids is 1. The van der Waals surface area contributed by atoms with Crippen LogP contribution in [0.4, 0.5) is 17.1 Å². The third-order valence-electron chi connectivity index (χ3n) is 4.93. The fourth-order valence-electron chi connectivity index (χ4n) is 3.56. The van der Waals surface area contributed by atoms with Gasteiger partial charge < -0.3 is 26.4 Å². The minimum absolute atomic E-state index is 0.0159. The van der Waals surface area contributed by atoms with Crippen molar-refractivity contribution in [2.24, 2.45) is 5.73 Å². The van der Waals surface area contributed by atoms with E-state index in [-0.39, 0.29) is 16.8 Å². The van der Waals surface area contributed by atoms with Gasteiger partial charge in [0.15, 0.2) is 0 Å². The van der Waals surface area contributed by atoms with Crippen LogP contribution in [0.15, 0.2) is 47.1 Å². The van der Waals surface area contributed by atoms with Crippen molar-refractivity contribution in [2.75, 3.05) is 11.1 Å². The Morgan fingerprint density at radius 1 is 1.13 bits per heavy atom. The topological polar surface area (TPSA) is 157 Å². The largest absolute Gasteiger partial charge is 0.478 e. The van der Waals surface area contributed by atoms with Crippen LogP contribution in [-0.2, 0) is 0 Å². The quantitative estimate of drug-likeness (QED) is 0.358. The predicted molar refractivity (Wildman–Crippen MR) is 116 cm³/mol. The summed E-state index contributed by atoms with van der Waals surface area (Å²) in [5, 5.41) is 17.0. The lowest BCUT2D eigenvalue weighted by atomic mass is 10.0. The number of carboxylic acids is 1. The van der Waals surface area contributed by atoms with E-state index in [1.807, 2.05) is 32.0 Å². The number of anilines is 3. The van der Waals surface area contributed by atoms with Crippen molar-refractivity contribution in [2.45, 2.75) is 13.8 Å². The molecule has 0 saturated heterocycles. The summed E-state index contributed by atoms with van der Waals surface area (Å²) < 4.78 is 5.25. The third-order valence-corrected chi connectivity index (χ3v) is 4.93. The molecule has 0 aliphatic heterocycles. The number of primary amides is 1. The number of aryl methyl sites for hydroxylation is 2. The van der Waals surface area contributed by atoms with Gasteiger partial charge in [-0.2, -0.15) is 0 Å². The van der Waals surface area contributed by atoms with Crippen LogP contribution in [0.25, 0.3) is 22.0 Å². The normalized spacial score (nSPS) is 10.9. The molecular formula is C22H19N5O4. The van der Waals surface area contributed by atoms with Crippen LogP contribution in [-0.4, -0.2) is 27.1 Å². The van der Waals surface area contributed by atoms with Crippen LogP contribution in [0.3, 0.4) is 0 Å². The number of amides is 1. The summed E-state index contributed by atoms with van der Waals surface area (Å²) in [4.78, 5) is 27.8. The molecule has 0 fully saturated rings. The summed E-state index contributed by atoms with van der Waals surface area (Å²) in [6.45, 7) is 3.68. The number of nitrogens with one attached hydrogen (secondary N) is 1. The first kappa shape index (κ1) is 19.9. The van der Waals surface area contributed by atoms with Crippen molar-refractivity contribution in [3.05, 3.63) is 65.2 Å². The summed E-state index contributed by atoms with van der Waals surface area (Å²) in [5.74, 6) is -1.10. The molecule has 4 aromatic rings. The molecule has 0 bridgehead atoms. The summed E-state index contributed by atoms with van der Waals surface area (Å²) in [5.41, 5.74) is 15.8. The number of carboxylic acid groups (broad SMARTS) is 1. The van der Waals surface area contributed by atoms with E-state index in [0.29, 0.717) is 28.0 Å². The van der Waals surface area contributed by atoms with Gasteiger partial charge in [0, 0.05) is 28.5 Å². The Labute approximate surface area is 176 Å². The molecule has 2 aromatic heterocycles. The highest BCUT2D eigenvalue weighted by molar-refractivity contribution is 6.08. The van der Waals surface area contributed by atoms with Crippen LogP contribution in [0.2, 0.25) is 0 Å². The van der Waals surface area contributed by atoms with Gasteiger partial charge in [0.05, 0.1) is 28.0 Å². The first-order valence-corrected chi connectivity index (χ1v) is 9.31. The average molecular weight is 417 g/mol. The summed E-state index contributed by atoms with van der Waals surface area (Å²) in [6, 6.07) is 9.88. The number of nitrogens with two attached hydrogens (primary N) is 2. The Morgan fingerprint density at radius 3 is 2.55 bits per heavy atom. The number of fused-ring (bicyclic) bond motifs is 1. The van der Waals surface area contributed by atoms with E-state index >= 15 is 0 Å². The maximum atomic E-state index is 12.0. The number of nitrogen functional groups attached to an aromatic ring is 1. The highest BCUT2D eigenvalue weighted by atomic mass is 16.5. The monoisotopic (exact) mass is 417 g/mol. The van der Waals surface area contributed by atoms with Gasteiger partial charge in [-0.3, -0.25) is 9.78 Å². The minimum Gasteiger partial charge on any atom is -0.478 e. The smallest absolute Gasteiger partial charge is 0.335 e. The van der Waals surface area contributed by atoms with Gasteiger partial charge in [0.1, 0.15) is 5.76 Å². The number of pyridine rings is 1. The maximum Gasteiger partial charge on any atom is 0.335 e. The van der Waals surface area contributed by atoms with Crippen LogP contribution in [0.5, 0.6) is 0 Å². The molecule has 156 valence electrons. The van der Waals surface area contributed by atoms with E-state index in [4.69, 9.17) is 16.0 Å². The fraction of sp³-hybridized carbons (Fsp3) is 0.0909. The Hall–Kier alpha value is -4.40. The van der Waals surface area contributed by atoms with Crippen molar-refractivity contribution in [3.8, 4) is 11.1 Å². The molecule has 4 rings (SSSR count). The van der Waals surface area contributed by atoms with E-state index in [1.165, 1.54) is 18.3 Å². The first-order chi connectivity index (χ1) is 14.7. The second-order valence-corrected chi connectivity index (χ2v) is 7.12. The molecule has 31 heavy (non-hydrogen) atoms.